The summed E-state index contributed by atoms with van der Waals surface area (Å²) in [5, 5.41) is 17.2. The molecule has 11 nitrogen and oxygen atoms in total. The first kappa shape index (κ1) is 23.8. The maximum atomic E-state index is 13.3. The second-order valence-corrected chi connectivity index (χ2v) is 10.1. The molecule has 1 saturated heterocycles. The molecule has 1 aliphatic heterocycles. The molecule has 2 aromatic carbocycles. The minimum atomic E-state index is -4.07. The smallest absolute Gasteiger partial charge is 0.293 e. The number of nitrogens with one attached hydrogen (secondary N) is 1. The Kier molecular flexibility index (Phi) is 7.20. The van der Waals surface area contributed by atoms with Crippen molar-refractivity contribution in [3.8, 4) is 11.4 Å². The molecule has 0 spiro atoms. The highest BCUT2D eigenvalue weighted by atomic mass is 32.2. The number of sulfone groups is 1. The van der Waals surface area contributed by atoms with E-state index in [0.717, 1.165) is 5.69 Å². The second kappa shape index (κ2) is 10.3. The fourth-order valence-corrected chi connectivity index (χ4v) is 5.86. The maximum absolute atomic E-state index is 13.3. The summed E-state index contributed by atoms with van der Waals surface area (Å²) in [6.07, 6.45) is 2.21. The number of ether oxygens (including phenoxy) is 2. The monoisotopic (exact) mass is 488 g/mol. The minimum Gasteiger partial charge on any atom is -0.494 e. The van der Waals surface area contributed by atoms with Gasteiger partial charge in [-0.2, -0.15) is 0 Å². The van der Waals surface area contributed by atoms with Gasteiger partial charge in [0.1, 0.15) is 16.5 Å². The van der Waals surface area contributed by atoms with Crippen molar-refractivity contribution in [1.29, 1.82) is 0 Å². The van der Waals surface area contributed by atoms with Gasteiger partial charge < -0.3 is 9.47 Å². The Hall–Kier alpha value is -3.35. The van der Waals surface area contributed by atoms with E-state index in [4.69, 9.17) is 14.7 Å². The Bertz CT molecular complexity index is 1210. The van der Waals surface area contributed by atoms with Crippen LogP contribution in [0.4, 0.5) is 0 Å². The zero-order valence-electron chi connectivity index (χ0n) is 18.4. The largest absolute Gasteiger partial charge is 0.494 e. The van der Waals surface area contributed by atoms with E-state index in [-0.39, 0.29) is 31.0 Å². The molecule has 2 heterocycles. The molecule has 2 N–H and O–H groups in total. The lowest BCUT2D eigenvalue weighted by molar-refractivity contribution is -0.691. The SMILES string of the molecule is O=C(NO)C1(S(=O)(=O)c2ccc(OCCCn3nnc[n+]3-c3ccccc3)cc2)CCOCC1. The third-order valence-corrected chi connectivity index (χ3v) is 8.34. The Morgan fingerprint density at radius 1 is 1.15 bits per heavy atom. The predicted molar refractivity (Wildman–Crippen MR) is 118 cm³/mol. The fourth-order valence-electron chi connectivity index (χ4n) is 3.92. The van der Waals surface area contributed by atoms with Crippen LogP contribution in [0.5, 0.6) is 5.75 Å². The van der Waals surface area contributed by atoms with Crippen LogP contribution in [0.1, 0.15) is 19.3 Å². The lowest BCUT2D eigenvalue weighted by atomic mass is 9.98. The number of hydrogen-bond acceptors (Lipinski definition) is 8. The number of carbonyl (C=O) groups is 1. The standard InChI is InChI=1S/C22H25N5O6S/c28-21(24-29)22(11-15-32-16-12-22)34(30,31)20-9-7-19(8-10-20)33-14-4-13-27-25-23-17-26(27)18-5-2-1-3-6-18/h1-3,5-10,17H,4,11-16H2,(H-,23,24,25,28,29)/p+1. The van der Waals surface area contributed by atoms with E-state index in [1.54, 1.807) is 23.3 Å². The number of nitrogens with zero attached hydrogens (tertiary/aromatic N) is 4. The van der Waals surface area contributed by atoms with Crippen molar-refractivity contribution in [2.45, 2.75) is 35.4 Å². The van der Waals surface area contributed by atoms with Crippen LogP contribution in [-0.2, 0) is 25.9 Å². The summed E-state index contributed by atoms with van der Waals surface area (Å²) in [4.78, 5) is 14.0. The molecule has 0 saturated carbocycles. The molecular formula is C22H26N5O6S+. The van der Waals surface area contributed by atoms with E-state index in [1.807, 2.05) is 35.0 Å². The number of benzene rings is 2. The molecule has 34 heavy (non-hydrogen) atoms. The average molecular weight is 489 g/mol. The highest BCUT2D eigenvalue weighted by Gasteiger charge is 2.52. The minimum absolute atomic E-state index is 0.0168. The fraction of sp³-hybridized carbons (Fsp3) is 0.364. The molecule has 180 valence electrons. The molecule has 0 bridgehead atoms. The van der Waals surface area contributed by atoms with Crippen LogP contribution in [0.25, 0.3) is 5.69 Å². The number of amides is 1. The van der Waals surface area contributed by atoms with Crippen LogP contribution in [-0.4, -0.2) is 59.2 Å². The van der Waals surface area contributed by atoms with E-state index >= 15 is 0 Å². The number of hydroxylamine groups is 1. The third-order valence-electron chi connectivity index (χ3n) is 5.82. The quantitative estimate of drug-likeness (QED) is 0.196. The van der Waals surface area contributed by atoms with Crippen molar-refractivity contribution < 1.29 is 32.6 Å². The Morgan fingerprint density at radius 3 is 2.53 bits per heavy atom. The molecule has 3 aromatic rings. The molecular weight excluding hydrogens is 462 g/mol. The van der Waals surface area contributed by atoms with Crippen molar-refractivity contribution >= 4 is 15.7 Å². The lowest BCUT2D eigenvalue weighted by Crippen LogP contribution is -2.54. The van der Waals surface area contributed by atoms with Gasteiger partial charge in [-0.3, -0.25) is 10.0 Å². The van der Waals surface area contributed by atoms with Crippen LogP contribution >= 0.6 is 0 Å². The van der Waals surface area contributed by atoms with Crippen molar-refractivity contribution in [3.05, 3.63) is 60.9 Å². The molecule has 1 aliphatic rings. The molecule has 1 aromatic heterocycles. The lowest BCUT2D eigenvalue weighted by Gasteiger charge is -2.34. The molecule has 12 heteroatoms. The first-order chi connectivity index (χ1) is 16.5. The molecule has 0 radical (unpaired) electrons. The summed E-state index contributed by atoms with van der Waals surface area (Å²) in [7, 11) is -4.07. The van der Waals surface area contributed by atoms with Crippen molar-refractivity contribution in [2.24, 2.45) is 0 Å². The van der Waals surface area contributed by atoms with E-state index in [0.29, 0.717) is 25.3 Å². The maximum Gasteiger partial charge on any atom is 0.293 e. The molecule has 0 unspecified atom stereocenters. The van der Waals surface area contributed by atoms with E-state index in [9.17, 15) is 13.2 Å². The van der Waals surface area contributed by atoms with Gasteiger partial charge in [0.2, 0.25) is 0 Å². The van der Waals surface area contributed by atoms with E-state index in [1.165, 1.54) is 17.6 Å². The van der Waals surface area contributed by atoms with Gasteiger partial charge in [0, 0.05) is 19.6 Å². The molecule has 4 rings (SSSR count). The summed E-state index contributed by atoms with van der Waals surface area (Å²) in [5.74, 6) is -0.446. The number of carbonyl (C=O) groups excluding carboxylic acids is 1. The van der Waals surface area contributed by atoms with Gasteiger partial charge in [0.15, 0.2) is 19.8 Å². The molecule has 0 aliphatic carbocycles. The van der Waals surface area contributed by atoms with Gasteiger partial charge >= 0.3 is 0 Å². The highest BCUT2D eigenvalue weighted by Crippen LogP contribution is 2.35. The van der Waals surface area contributed by atoms with Crippen LogP contribution in [0, 0.1) is 0 Å². The predicted octanol–water partition coefficient (Wildman–Crippen LogP) is 0.852. The average Bonchev–Trinajstić information content (AvgIpc) is 3.36. The summed E-state index contributed by atoms with van der Waals surface area (Å²) >= 11 is 0. The van der Waals surface area contributed by atoms with E-state index < -0.39 is 20.5 Å². The Balaban J connectivity index is 1.37. The van der Waals surface area contributed by atoms with Crippen molar-refractivity contribution in [2.75, 3.05) is 19.8 Å². The van der Waals surface area contributed by atoms with Gasteiger partial charge in [-0.15, -0.1) is 4.68 Å². The zero-order valence-corrected chi connectivity index (χ0v) is 19.2. The summed E-state index contributed by atoms with van der Waals surface area (Å²) in [5.41, 5.74) is 2.46. The van der Waals surface area contributed by atoms with Crippen LogP contribution < -0.4 is 14.9 Å². The number of tetrazole rings is 1. The van der Waals surface area contributed by atoms with Gasteiger partial charge in [-0.05, 0) is 49.2 Å². The van der Waals surface area contributed by atoms with Gasteiger partial charge in [-0.1, -0.05) is 23.0 Å². The normalized spacial score (nSPS) is 15.6. The number of hydrogen-bond donors (Lipinski definition) is 2. The van der Waals surface area contributed by atoms with Gasteiger partial charge in [0.25, 0.3) is 12.2 Å². The highest BCUT2D eigenvalue weighted by molar-refractivity contribution is 7.93. The third kappa shape index (κ3) is 4.65. The van der Waals surface area contributed by atoms with Crippen LogP contribution in [0.2, 0.25) is 0 Å². The van der Waals surface area contributed by atoms with Gasteiger partial charge in [-0.25, -0.2) is 13.9 Å². The zero-order chi connectivity index (χ0) is 24.0. The summed E-state index contributed by atoms with van der Waals surface area (Å²) in [6.45, 7) is 1.19. The van der Waals surface area contributed by atoms with Crippen molar-refractivity contribution in [1.82, 2.24) is 20.6 Å². The summed E-state index contributed by atoms with van der Waals surface area (Å²) in [6, 6.07) is 15.7. The molecule has 0 atom stereocenters. The van der Waals surface area contributed by atoms with Crippen LogP contribution in [0.15, 0.2) is 65.8 Å². The first-order valence-electron chi connectivity index (χ1n) is 10.8. The number of para-hydroxylation sites is 1. The van der Waals surface area contributed by atoms with Crippen LogP contribution in [0.3, 0.4) is 0 Å². The summed E-state index contributed by atoms with van der Waals surface area (Å²) < 4.78 is 37.6. The second-order valence-electron chi connectivity index (χ2n) is 7.82. The number of aromatic nitrogens is 4. The molecule has 1 amide bonds. The molecule has 1 fully saturated rings. The Morgan fingerprint density at radius 2 is 1.85 bits per heavy atom. The number of aryl methyl sites for hydroxylation is 1. The topological polar surface area (TPSA) is 137 Å². The number of rotatable bonds is 9. The first-order valence-corrected chi connectivity index (χ1v) is 12.3. The van der Waals surface area contributed by atoms with E-state index in [2.05, 4.69) is 10.3 Å². The Labute approximate surface area is 196 Å². The van der Waals surface area contributed by atoms with Gasteiger partial charge in [0.05, 0.1) is 18.0 Å². The van der Waals surface area contributed by atoms with Crippen molar-refractivity contribution in [3.63, 3.8) is 0 Å².